The second kappa shape index (κ2) is 8.81. The van der Waals surface area contributed by atoms with Crippen LogP contribution in [0.4, 0.5) is 0 Å². The second-order valence-corrected chi connectivity index (χ2v) is 7.46. The highest BCUT2D eigenvalue weighted by Crippen LogP contribution is 2.26. The highest BCUT2D eigenvalue weighted by atomic mass is 35.5. The van der Waals surface area contributed by atoms with E-state index < -0.39 is 0 Å². The molecule has 1 fully saturated rings. The molecule has 1 aromatic carbocycles. The second-order valence-electron chi connectivity index (χ2n) is 7.08. The van der Waals surface area contributed by atoms with E-state index in [9.17, 15) is 4.79 Å². The number of halogens is 1. The lowest BCUT2D eigenvalue weighted by molar-refractivity contribution is -0.135. The van der Waals surface area contributed by atoms with Crippen molar-refractivity contribution in [3.8, 4) is 5.75 Å². The molecule has 1 aromatic heterocycles. The van der Waals surface area contributed by atoms with E-state index in [1.54, 1.807) is 4.90 Å². The molecule has 27 heavy (non-hydrogen) atoms. The molecule has 1 aliphatic rings. The van der Waals surface area contributed by atoms with Crippen molar-refractivity contribution in [1.82, 2.24) is 4.90 Å². The van der Waals surface area contributed by atoms with Gasteiger partial charge in [0, 0.05) is 18.2 Å². The zero-order valence-corrected chi connectivity index (χ0v) is 16.8. The third-order valence-corrected chi connectivity index (χ3v) is 5.31. The number of nitrogens with zero attached hydrogens (tertiary/aromatic N) is 1. The van der Waals surface area contributed by atoms with Crippen molar-refractivity contribution in [2.75, 3.05) is 19.8 Å². The molecular formula is C21H26ClNO4. The summed E-state index contributed by atoms with van der Waals surface area (Å²) in [5.74, 6) is 2.15. The van der Waals surface area contributed by atoms with Crippen molar-refractivity contribution in [2.24, 2.45) is 0 Å². The largest absolute Gasteiger partial charge is 0.484 e. The van der Waals surface area contributed by atoms with Gasteiger partial charge >= 0.3 is 0 Å². The molecule has 1 aliphatic heterocycles. The lowest BCUT2D eigenvalue weighted by atomic mass is 10.1. The smallest absolute Gasteiger partial charge is 0.261 e. The Balaban J connectivity index is 1.66. The Kier molecular flexibility index (Phi) is 6.45. The fraction of sp³-hybridized carbons (Fsp3) is 0.476. The Morgan fingerprint density at radius 3 is 2.59 bits per heavy atom. The summed E-state index contributed by atoms with van der Waals surface area (Å²) >= 11 is 6.20. The first-order valence-electron chi connectivity index (χ1n) is 9.26. The average molecular weight is 392 g/mol. The number of ether oxygens (including phenoxy) is 2. The Labute approximate surface area is 165 Å². The van der Waals surface area contributed by atoms with E-state index in [1.165, 1.54) is 0 Å². The first-order valence-corrected chi connectivity index (χ1v) is 9.64. The van der Waals surface area contributed by atoms with Crippen LogP contribution in [-0.2, 0) is 16.1 Å². The molecule has 0 spiro atoms. The molecule has 146 valence electrons. The Hall–Kier alpha value is -1.98. The van der Waals surface area contributed by atoms with Crippen LogP contribution in [0.5, 0.6) is 5.75 Å². The van der Waals surface area contributed by atoms with Crippen LogP contribution in [0, 0.1) is 20.8 Å². The van der Waals surface area contributed by atoms with E-state index in [2.05, 4.69) is 0 Å². The van der Waals surface area contributed by atoms with Crippen LogP contribution in [-0.4, -0.2) is 36.7 Å². The zero-order chi connectivity index (χ0) is 19.4. The fourth-order valence-electron chi connectivity index (χ4n) is 3.27. The fourth-order valence-corrected chi connectivity index (χ4v) is 3.38. The SMILES string of the molecule is Cc1ccc(CN(C[C@@H]2CCCO2)C(=O)COc2cc(C)c(Cl)c(C)c2)o1. The maximum Gasteiger partial charge on any atom is 0.261 e. The summed E-state index contributed by atoms with van der Waals surface area (Å²) in [7, 11) is 0. The molecule has 0 aliphatic carbocycles. The monoisotopic (exact) mass is 391 g/mol. The third-order valence-electron chi connectivity index (χ3n) is 4.72. The molecule has 1 atom stereocenters. The van der Waals surface area contributed by atoms with E-state index in [0.29, 0.717) is 18.8 Å². The molecule has 1 saturated heterocycles. The van der Waals surface area contributed by atoms with E-state index >= 15 is 0 Å². The number of aryl methyl sites for hydroxylation is 3. The highest BCUT2D eigenvalue weighted by molar-refractivity contribution is 6.32. The Morgan fingerprint density at radius 2 is 2.00 bits per heavy atom. The van der Waals surface area contributed by atoms with Crippen LogP contribution in [0.3, 0.4) is 0 Å². The number of carbonyl (C=O) groups is 1. The summed E-state index contributed by atoms with van der Waals surface area (Å²) in [6.07, 6.45) is 2.08. The van der Waals surface area contributed by atoms with Gasteiger partial charge in [-0.05, 0) is 69.0 Å². The van der Waals surface area contributed by atoms with Crippen LogP contribution < -0.4 is 4.74 Å². The number of rotatable bonds is 7. The molecule has 0 saturated carbocycles. The lowest BCUT2D eigenvalue weighted by Crippen LogP contribution is -2.39. The van der Waals surface area contributed by atoms with Crippen molar-refractivity contribution >= 4 is 17.5 Å². The summed E-state index contributed by atoms with van der Waals surface area (Å²) in [6, 6.07) is 7.50. The number of hydrogen-bond acceptors (Lipinski definition) is 4. The maximum absolute atomic E-state index is 12.8. The molecule has 0 N–H and O–H groups in total. The van der Waals surface area contributed by atoms with E-state index in [-0.39, 0.29) is 18.6 Å². The number of hydrogen-bond donors (Lipinski definition) is 0. The van der Waals surface area contributed by atoms with Gasteiger partial charge in [0.15, 0.2) is 6.61 Å². The van der Waals surface area contributed by atoms with Gasteiger partial charge < -0.3 is 18.8 Å². The Bertz CT molecular complexity index is 772. The van der Waals surface area contributed by atoms with Crippen molar-refractivity contribution < 1.29 is 18.7 Å². The summed E-state index contributed by atoms with van der Waals surface area (Å²) < 4.78 is 17.1. The van der Waals surface area contributed by atoms with Gasteiger partial charge in [-0.1, -0.05) is 11.6 Å². The minimum Gasteiger partial charge on any atom is -0.484 e. The normalized spacial score (nSPS) is 16.5. The quantitative estimate of drug-likeness (QED) is 0.699. The first kappa shape index (κ1) is 19.8. The third kappa shape index (κ3) is 5.27. The average Bonchev–Trinajstić information content (AvgIpc) is 3.28. The first-order chi connectivity index (χ1) is 12.9. The molecule has 2 heterocycles. The van der Waals surface area contributed by atoms with Gasteiger partial charge in [0.2, 0.25) is 0 Å². The molecule has 1 amide bonds. The van der Waals surface area contributed by atoms with E-state index in [4.69, 9.17) is 25.5 Å². The standard InChI is InChI=1S/C21H26ClNO4/c1-14-9-19(10-15(2)21(14)22)26-13-20(24)23(11-17-5-4-8-25-17)12-18-7-6-16(3)27-18/h6-7,9-10,17H,4-5,8,11-13H2,1-3H3/t17-/m0/s1. The van der Waals surface area contributed by atoms with Gasteiger partial charge in [0.1, 0.15) is 17.3 Å². The van der Waals surface area contributed by atoms with Gasteiger partial charge in [-0.25, -0.2) is 0 Å². The predicted molar refractivity (Wildman–Crippen MR) is 104 cm³/mol. The number of carbonyl (C=O) groups excluding carboxylic acids is 1. The molecule has 0 bridgehead atoms. The molecule has 5 nitrogen and oxygen atoms in total. The summed E-state index contributed by atoms with van der Waals surface area (Å²) in [5, 5.41) is 0.724. The number of furan rings is 1. The topological polar surface area (TPSA) is 51.9 Å². The van der Waals surface area contributed by atoms with Crippen LogP contribution in [0.1, 0.15) is 35.5 Å². The molecule has 6 heteroatoms. The summed E-state index contributed by atoms with van der Waals surface area (Å²) in [6.45, 7) is 7.42. The van der Waals surface area contributed by atoms with Gasteiger partial charge in [0.05, 0.1) is 12.6 Å². The molecular weight excluding hydrogens is 366 g/mol. The van der Waals surface area contributed by atoms with Gasteiger partial charge in [-0.3, -0.25) is 4.79 Å². The minimum absolute atomic E-state index is 0.0348. The number of benzene rings is 1. The maximum atomic E-state index is 12.8. The van der Waals surface area contributed by atoms with E-state index in [1.807, 2.05) is 45.0 Å². The Morgan fingerprint density at radius 1 is 1.26 bits per heavy atom. The predicted octanol–water partition coefficient (Wildman–Crippen LogP) is 4.44. The zero-order valence-electron chi connectivity index (χ0n) is 16.1. The highest BCUT2D eigenvalue weighted by Gasteiger charge is 2.24. The van der Waals surface area contributed by atoms with Crippen LogP contribution >= 0.6 is 11.6 Å². The summed E-state index contributed by atoms with van der Waals surface area (Å²) in [5.41, 5.74) is 1.86. The molecule has 2 aromatic rings. The van der Waals surface area contributed by atoms with Gasteiger partial charge in [0.25, 0.3) is 5.91 Å². The van der Waals surface area contributed by atoms with Crippen molar-refractivity contribution in [3.05, 3.63) is 51.9 Å². The van der Waals surface area contributed by atoms with Crippen LogP contribution in [0.2, 0.25) is 5.02 Å². The summed E-state index contributed by atoms with van der Waals surface area (Å²) in [4.78, 5) is 14.6. The van der Waals surface area contributed by atoms with Crippen LogP contribution in [0.25, 0.3) is 0 Å². The van der Waals surface area contributed by atoms with Gasteiger partial charge in [-0.15, -0.1) is 0 Å². The van der Waals surface area contributed by atoms with Crippen molar-refractivity contribution in [1.29, 1.82) is 0 Å². The van der Waals surface area contributed by atoms with Crippen molar-refractivity contribution in [3.63, 3.8) is 0 Å². The molecule has 0 radical (unpaired) electrons. The van der Waals surface area contributed by atoms with Gasteiger partial charge in [-0.2, -0.15) is 0 Å². The minimum atomic E-state index is -0.0928. The molecule has 3 rings (SSSR count). The van der Waals surface area contributed by atoms with E-state index in [0.717, 1.165) is 47.1 Å². The lowest BCUT2D eigenvalue weighted by Gasteiger charge is -2.24. The molecule has 0 unspecified atom stereocenters. The van der Waals surface area contributed by atoms with Crippen molar-refractivity contribution in [2.45, 2.75) is 46.3 Å². The van der Waals surface area contributed by atoms with Crippen LogP contribution in [0.15, 0.2) is 28.7 Å². The number of amides is 1.